The monoisotopic (exact) mass is 390 g/mol. The Morgan fingerprint density at radius 1 is 1.32 bits per heavy atom. The van der Waals surface area contributed by atoms with Crippen LogP contribution in [0.4, 0.5) is 0 Å². The van der Waals surface area contributed by atoms with Crippen LogP contribution in [0.5, 0.6) is 0 Å². The van der Waals surface area contributed by atoms with E-state index < -0.39 is 5.60 Å². The minimum Gasteiger partial charge on any atom is -0.368 e. The van der Waals surface area contributed by atoms with Crippen molar-refractivity contribution in [3.63, 3.8) is 0 Å². The fourth-order valence-electron chi connectivity index (χ4n) is 2.73. The van der Waals surface area contributed by atoms with Crippen molar-refractivity contribution in [3.05, 3.63) is 34.3 Å². The van der Waals surface area contributed by atoms with E-state index in [4.69, 9.17) is 4.74 Å². The number of likely N-dealkylation sites (N-methyl/N-ethyl adjacent to an activating group) is 1. The lowest BCUT2D eigenvalue weighted by atomic mass is 9.90. The van der Waals surface area contributed by atoms with E-state index in [1.54, 1.807) is 12.0 Å². The zero-order chi connectivity index (χ0) is 15.3. The maximum absolute atomic E-state index is 12.7. The summed E-state index contributed by atoms with van der Waals surface area (Å²) >= 11 is 3.43. The molecule has 0 atom stereocenters. The maximum Gasteiger partial charge on any atom is 0.254 e. The minimum atomic E-state index is -0.639. The summed E-state index contributed by atoms with van der Waals surface area (Å²) in [5, 5.41) is 3.28. The molecule has 124 valence electrons. The molecule has 1 heterocycles. The van der Waals surface area contributed by atoms with Crippen LogP contribution in [0.15, 0.2) is 28.7 Å². The molecule has 1 N–H and O–H groups in total. The second kappa shape index (κ2) is 8.87. The molecule has 0 unspecified atom stereocenters. The molecule has 6 heteroatoms. The van der Waals surface area contributed by atoms with Gasteiger partial charge in [-0.2, -0.15) is 0 Å². The number of nitrogens with one attached hydrogen (secondary N) is 1. The Balaban J connectivity index is 0.00000242. The standard InChI is InChI=1S/C16H23BrN2O2.ClH/c1-19(12-7-13-3-5-14(17)6-4-13)15(20)16(21-2)8-10-18-11-9-16;/h3-6,18H,7-12H2,1-2H3;1H. The van der Waals surface area contributed by atoms with E-state index in [0.717, 1.165) is 36.8 Å². The van der Waals surface area contributed by atoms with Crippen LogP contribution in [-0.2, 0) is 16.0 Å². The fraction of sp³-hybridized carbons (Fsp3) is 0.562. The molecule has 1 aliphatic heterocycles. The summed E-state index contributed by atoms with van der Waals surface area (Å²) in [5.41, 5.74) is 0.592. The summed E-state index contributed by atoms with van der Waals surface area (Å²) in [4.78, 5) is 14.5. The zero-order valence-corrected chi connectivity index (χ0v) is 15.5. The number of amides is 1. The van der Waals surface area contributed by atoms with Gasteiger partial charge in [0.25, 0.3) is 5.91 Å². The second-order valence-corrected chi connectivity index (χ2v) is 6.47. The van der Waals surface area contributed by atoms with Crippen LogP contribution in [-0.4, -0.2) is 50.2 Å². The highest BCUT2D eigenvalue weighted by atomic mass is 79.9. The van der Waals surface area contributed by atoms with Crippen molar-refractivity contribution in [1.82, 2.24) is 10.2 Å². The average molecular weight is 392 g/mol. The van der Waals surface area contributed by atoms with Crippen molar-refractivity contribution in [2.75, 3.05) is 33.8 Å². The molecule has 1 aromatic rings. The van der Waals surface area contributed by atoms with Gasteiger partial charge in [0.15, 0.2) is 0 Å². The van der Waals surface area contributed by atoms with Crippen LogP contribution < -0.4 is 5.32 Å². The average Bonchev–Trinajstić information content (AvgIpc) is 2.54. The number of methoxy groups -OCH3 is 1. The molecule has 0 radical (unpaired) electrons. The third-order valence-corrected chi connectivity index (χ3v) is 4.72. The summed E-state index contributed by atoms with van der Waals surface area (Å²) < 4.78 is 6.66. The highest BCUT2D eigenvalue weighted by molar-refractivity contribution is 9.10. The highest BCUT2D eigenvalue weighted by Crippen LogP contribution is 2.24. The van der Waals surface area contributed by atoms with Gasteiger partial charge < -0.3 is 15.0 Å². The zero-order valence-electron chi connectivity index (χ0n) is 13.1. The van der Waals surface area contributed by atoms with E-state index in [1.807, 2.05) is 19.2 Å². The van der Waals surface area contributed by atoms with Gasteiger partial charge in [0.05, 0.1) is 0 Å². The Bertz CT molecular complexity index is 476. The predicted molar refractivity (Wildman–Crippen MR) is 94.6 cm³/mol. The number of hydrogen-bond acceptors (Lipinski definition) is 3. The lowest BCUT2D eigenvalue weighted by Gasteiger charge is -2.37. The first-order chi connectivity index (χ1) is 10.1. The van der Waals surface area contributed by atoms with Crippen LogP contribution in [0.1, 0.15) is 18.4 Å². The summed E-state index contributed by atoms with van der Waals surface area (Å²) in [6, 6.07) is 8.22. The van der Waals surface area contributed by atoms with Crippen molar-refractivity contribution >= 4 is 34.2 Å². The number of carbonyl (C=O) groups excluding carboxylic acids is 1. The smallest absolute Gasteiger partial charge is 0.254 e. The van der Waals surface area contributed by atoms with Crippen molar-refractivity contribution in [3.8, 4) is 0 Å². The summed E-state index contributed by atoms with van der Waals surface area (Å²) in [7, 11) is 3.51. The number of benzene rings is 1. The number of hydrogen-bond donors (Lipinski definition) is 1. The highest BCUT2D eigenvalue weighted by Gasteiger charge is 2.41. The van der Waals surface area contributed by atoms with Crippen LogP contribution in [0.2, 0.25) is 0 Å². The van der Waals surface area contributed by atoms with Crippen LogP contribution in [0.3, 0.4) is 0 Å². The van der Waals surface area contributed by atoms with Gasteiger partial charge in [-0.25, -0.2) is 0 Å². The Morgan fingerprint density at radius 2 is 1.91 bits per heavy atom. The fourth-order valence-corrected chi connectivity index (χ4v) is 3.00. The maximum atomic E-state index is 12.7. The quantitative estimate of drug-likeness (QED) is 0.839. The lowest BCUT2D eigenvalue weighted by molar-refractivity contribution is -0.156. The number of carbonyl (C=O) groups is 1. The first-order valence-corrected chi connectivity index (χ1v) is 8.12. The lowest BCUT2D eigenvalue weighted by Crippen LogP contribution is -2.54. The summed E-state index contributed by atoms with van der Waals surface area (Å²) in [6.07, 6.45) is 2.34. The Labute approximate surface area is 147 Å². The molecular weight excluding hydrogens is 368 g/mol. The van der Waals surface area contributed by atoms with Gasteiger partial charge in [-0.3, -0.25) is 4.79 Å². The topological polar surface area (TPSA) is 41.6 Å². The second-order valence-electron chi connectivity index (χ2n) is 5.55. The van der Waals surface area contributed by atoms with Crippen molar-refractivity contribution in [2.45, 2.75) is 24.9 Å². The Kier molecular flexibility index (Phi) is 7.83. The molecule has 0 saturated carbocycles. The van der Waals surface area contributed by atoms with E-state index in [9.17, 15) is 4.79 Å². The molecule has 1 aliphatic rings. The third-order valence-electron chi connectivity index (χ3n) is 4.19. The van der Waals surface area contributed by atoms with Crippen LogP contribution in [0.25, 0.3) is 0 Å². The molecule has 0 aromatic heterocycles. The molecule has 1 aromatic carbocycles. The molecule has 1 fully saturated rings. The molecular formula is C16H24BrClN2O2. The molecule has 0 aliphatic carbocycles. The number of halogens is 2. The van der Waals surface area contributed by atoms with Gasteiger partial charge in [-0.1, -0.05) is 28.1 Å². The minimum absolute atomic E-state index is 0. The van der Waals surface area contributed by atoms with Gasteiger partial charge in [0.1, 0.15) is 5.60 Å². The first kappa shape index (κ1) is 19.4. The number of ether oxygens (including phenoxy) is 1. The molecule has 1 saturated heterocycles. The molecule has 0 bridgehead atoms. The molecule has 1 amide bonds. The summed E-state index contributed by atoms with van der Waals surface area (Å²) in [6.45, 7) is 2.37. The Hall–Kier alpha value is -0.620. The van der Waals surface area contributed by atoms with E-state index >= 15 is 0 Å². The van der Waals surface area contributed by atoms with Crippen molar-refractivity contribution in [2.24, 2.45) is 0 Å². The van der Waals surface area contributed by atoms with Crippen LogP contribution in [0, 0.1) is 0 Å². The van der Waals surface area contributed by atoms with E-state index in [2.05, 4.69) is 33.4 Å². The van der Waals surface area contributed by atoms with Crippen LogP contribution >= 0.6 is 28.3 Å². The predicted octanol–water partition coefficient (Wildman–Crippen LogP) is 2.64. The van der Waals surface area contributed by atoms with Gasteiger partial charge in [-0.15, -0.1) is 12.4 Å². The normalized spacial score (nSPS) is 16.7. The van der Waals surface area contributed by atoms with E-state index in [-0.39, 0.29) is 18.3 Å². The number of rotatable bonds is 5. The SMILES string of the molecule is COC1(C(=O)N(C)CCc2ccc(Br)cc2)CCNCC1.Cl. The molecule has 22 heavy (non-hydrogen) atoms. The molecule has 4 nitrogen and oxygen atoms in total. The van der Waals surface area contributed by atoms with Gasteiger partial charge in [0.2, 0.25) is 0 Å². The molecule has 0 spiro atoms. The molecule has 2 rings (SSSR count). The third kappa shape index (κ3) is 4.69. The van der Waals surface area contributed by atoms with Gasteiger partial charge in [-0.05, 0) is 50.0 Å². The number of nitrogens with zero attached hydrogens (tertiary/aromatic N) is 1. The first-order valence-electron chi connectivity index (χ1n) is 7.33. The van der Waals surface area contributed by atoms with Crippen molar-refractivity contribution < 1.29 is 9.53 Å². The van der Waals surface area contributed by atoms with Gasteiger partial charge in [0, 0.05) is 25.2 Å². The number of piperidine rings is 1. The van der Waals surface area contributed by atoms with Crippen molar-refractivity contribution in [1.29, 1.82) is 0 Å². The summed E-state index contributed by atoms with van der Waals surface area (Å²) in [5.74, 6) is 0.101. The van der Waals surface area contributed by atoms with E-state index in [0.29, 0.717) is 6.54 Å². The van der Waals surface area contributed by atoms with E-state index in [1.165, 1.54) is 5.56 Å². The largest absolute Gasteiger partial charge is 0.368 e. The Morgan fingerprint density at radius 3 is 2.45 bits per heavy atom. The van der Waals surface area contributed by atoms with Gasteiger partial charge >= 0.3 is 0 Å².